The Labute approximate surface area is 154 Å². The zero-order valence-electron chi connectivity index (χ0n) is 16.1. The quantitative estimate of drug-likeness (QED) is 0.537. The van der Waals surface area contributed by atoms with E-state index >= 15 is 0 Å². The number of aromatic nitrogens is 3. The summed E-state index contributed by atoms with van der Waals surface area (Å²) in [5.41, 5.74) is 4.32. The molecule has 0 bridgehead atoms. The Balaban J connectivity index is 1.76. The number of aryl methyl sites for hydroxylation is 3. The Morgan fingerprint density at radius 2 is 2.00 bits per heavy atom. The van der Waals surface area contributed by atoms with Gasteiger partial charge in [-0.25, -0.2) is 4.98 Å². The van der Waals surface area contributed by atoms with Crippen LogP contribution in [0.5, 0.6) is 0 Å². The first kappa shape index (κ1) is 19.4. The molecule has 2 heterocycles. The van der Waals surface area contributed by atoms with E-state index in [9.17, 15) is 4.79 Å². The van der Waals surface area contributed by atoms with Crippen molar-refractivity contribution in [3.8, 4) is 0 Å². The standard InChI is InChI=1S/C18H27N7O/c1-12-6-7-16(21-10-12)23-17(26)8-9-20-18(19-4)22-11-15-13(2)24-25(5)14(15)3/h6-7,10H,8-9,11H2,1-5H3,(H2,19,20,22)(H,21,23,26). The van der Waals surface area contributed by atoms with Crippen molar-refractivity contribution in [3.63, 3.8) is 0 Å². The van der Waals surface area contributed by atoms with E-state index in [2.05, 4.69) is 31.0 Å². The Kier molecular flexibility index (Phi) is 6.71. The summed E-state index contributed by atoms with van der Waals surface area (Å²) in [4.78, 5) is 20.3. The summed E-state index contributed by atoms with van der Waals surface area (Å²) >= 11 is 0. The second-order valence-corrected chi connectivity index (χ2v) is 6.14. The summed E-state index contributed by atoms with van der Waals surface area (Å²) in [6, 6.07) is 3.70. The molecule has 0 unspecified atom stereocenters. The molecule has 8 heteroatoms. The molecule has 2 aromatic heterocycles. The van der Waals surface area contributed by atoms with Crippen molar-refractivity contribution in [2.24, 2.45) is 12.0 Å². The zero-order valence-corrected chi connectivity index (χ0v) is 16.1. The molecule has 0 spiro atoms. The fourth-order valence-corrected chi connectivity index (χ4v) is 2.51. The number of anilines is 1. The number of hydrogen-bond donors (Lipinski definition) is 3. The Morgan fingerprint density at radius 3 is 2.58 bits per heavy atom. The molecular weight excluding hydrogens is 330 g/mol. The predicted molar refractivity (Wildman–Crippen MR) is 103 cm³/mol. The van der Waals surface area contributed by atoms with Crippen molar-refractivity contribution in [2.75, 3.05) is 18.9 Å². The van der Waals surface area contributed by atoms with Crippen LogP contribution in [0.3, 0.4) is 0 Å². The predicted octanol–water partition coefficient (Wildman–Crippen LogP) is 1.43. The minimum atomic E-state index is -0.0942. The topological polar surface area (TPSA) is 96.2 Å². The van der Waals surface area contributed by atoms with Crippen LogP contribution in [0, 0.1) is 20.8 Å². The lowest BCUT2D eigenvalue weighted by Gasteiger charge is -2.12. The van der Waals surface area contributed by atoms with Gasteiger partial charge in [0.25, 0.3) is 0 Å². The van der Waals surface area contributed by atoms with Gasteiger partial charge in [0.05, 0.1) is 5.69 Å². The van der Waals surface area contributed by atoms with Crippen LogP contribution < -0.4 is 16.0 Å². The van der Waals surface area contributed by atoms with Crippen LogP contribution in [0.25, 0.3) is 0 Å². The highest BCUT2D eigenvalue weighted by Gasteiger charge is 2.10. The van der Waals surface area contributed by atoms with Gasteiger partial charge >= 0.3 is 0 Å². The van der Waals surface area contributed by atoms with E-state index in [1.165, 1.54) is 0 Å². The number of rotatable bonds is 6. The summed E-state index contributed by atoms with van der Waals surface area (Å²) in [7, 11) is 3.63. The first-order valence-corrected chi connectivity index (χ1v) is 8.56. The van der Waals surface area contributed by atoms with Crippen LogP contribution in [0.4, 0.5) is 5.82 Å². The van der Waals surface area contributed by atoms with Crippen LogP contribution in [-0.4, -0.2) is 40.2 Å². The summed E-state index contributed by atoms with van der Waals surface area (Å²) in [5.74, 6) is 1.11. The van der Waals surface area contributed by atoms with Gasteiger partial charge in [-0.05, 0) is 32.4 Å². The molecule has 2 aromatic rings. The minimum absolute atomic E-state index is 0.0942. The lowest BCUT2D eigenvalue weighted by atomic mass is 10.2. The Hall–Kier alpha value is -2.90. The third-order valence-electron chi connectivity index (χ3n) is 4.14. The average molecular weight is 357 g/mol. The van der Waals surface area contributed by atoms with E-state index in [4.69, 9.17) is 0 Å². The number of guanidine groups is 1. The van der Waals surface area contributed by atoms with Gasteiger partial charge in [-0.1, -0.05) is 6.07 Å². The van der Waals surface area contributed by atoms with Crippen molar-refractivity contribution < 1.29 is 4.79 Å². The van der Waals surface area contributed by atoms with Gasteiger partial charge in [-0.3, -0.25) is 14.5 Å². The summed E-state index contributed by atoms with van der Waals surface area (Å²) in [6.45, 7) is 7.09. The first-order chi connectivity index (χ1) is 12.4. The highest BCUT2D eigenvalue weighted by Crippen LogP contribution is 2.11. The van der Waals surface area contributed by atoms with Crippen LogP contribution in [0.15, 0.2) is 23.3 Å². The summed E-state index contributed by atoms with van der Waals surface area (Å²) < 4.78 is 1.87. The second-order valence-electron chi connectivity index (χ2n) is 6.14. The average Bonchev–Trinajstić information content (AvgIpc) is 2.85. The van der Waals surface area contributed by atoms with E-state index in [0.29, 0.717) is 31.3 Å². The smallest absolute Gasteiger partial charge is 0.227 e. The van der Waals surface area contributed by atoms with E-state index in [1.54, 1.807) is 19.3 Å². The monoisotopic (exact) mass is 357 g/mol. The highest BCUT2D eigenvalue weighted by atomic mass is 16.1. The maximum atomic E-state index is 12.0. The Morgan fingerprint density at radius 1 is 1.23 bits per heavy atom. The van der Waals surface area contributed by atoms with Crippen LogP contribution >= 0.6 is 0 Å². The van der Waals surface area contributed by atoms with E-state index < -0.39 is 0 Å². The number of nitrogens with zero attached hydrogens (tertiary/aromatic N) is 4. The van der Waals surface area contributed by atoms with Gasteiger partial charge in [0.2, 0.25) is 5.91 Å². The SMILES string of the molecule is CN=C(NCCC(=O)Nc1ccc(C)cn1)NCc1c(C)nn(C)c1C. The lowest BCUT2D eigenvalue weighted by Crippen LogP contribution is -2.38. The van der Waals surface area contributed by atoms with Crippen molar-refractivity contribution in [1.29, 1.82) is 0 Å². The Bertz CT molecular complexity index is 778. The van der Waals surface area contributed by atoms with E-state index in [0.717, 1.165) is 22.5 Å². The highest BCUT2D eigenvalue weighted by molar-refractivity contribution is 5.90. The molecule has 0 atom stereocenters. The molecule has 0 saturated carbocycles. The van der Waals surface area contributed by atoms with Crippen molar-refractivity contribution >= 4 is 17.7 Å². The molecule has 8 nitrogen and oxygen atoms in total. The molecule has 2 rings (SSSR count). The van der Waals surface area contributed by atoms with E-state index in [1.807, 2.05) is 38.6 Å². The molecule has 3 N–H and O–H groups in total. The number of aliphatic imine (C=N–C) groups is 1. The van der Waals surface area contributed by atoms with Crippen LogP contribution in [0.2, 0.25) is 0 Å². The first-order valence-electron chi connectivity index (χ1n) is 8.56. The van der Waals surface area contributed by atoms with Gasteiger partial charge in [-0.15, -0.1) is 0 Å². The third kappa shape index (κ3) is 5.30. The molecule has 0 saturated heterocycles. The fraction of sp³-hybridized carbons (Fsp3) is 0.444. The molecule has 0 aromatic carbocycles. The summed E-state index contributed by atoms with van der Waals surface area (Å²) in [5, 5.41) is 13.6. The van der Waals surface area contributed by atoms with Gasteiger partial charge in [0, 0.05) is 51.1 Å². The minimum Gasteiger partial charge on any atom is -0.356 e. The van der Waals surface area contributed by atoms with Gasteiger partial charge < -0.3 is 16.0 Å². The molecular formula is C18H27N7O. The van der Waals surface area contributed by atoms with Crippen LogP contribution in [0.1, 0.15) is 28.9 Å². The number of amides is 1. The third-order valence-corrected chi connectivity index (χ3v) is 4.14. The molecule has 0 fully saturated rings. The molecule has 0 aliphatic carbocycles. The molecule has 0 radical (unpaired) electrons. The molecule has 0 aliphatic heterocycles. The van der Waals surface area contributed by atoms with Crippen molar-refractivity contribution in [1.82, 2.24) is 25.4 Å². The van der Waals surface area contributed by atoms with E-state index in [-0.39, 0.29) is 5.91 Å². The maximum Gasteiger partial charge on any atom is 0.227 e. The van der Waals surface area contributed by atoms with Gasteiger partial charge in [0.1, 0.15) is 5.82 Å². The largest absolute Gasteiger partial charge is 0.356 e. The summed E-state index contributed by atoms with van der Waals surface area (Å²) in [6.07, 6.45) is 2.04. The lowest BCUT2D eigenvalue weighted by molar-refractivity contribution is -0.116. The van der Waals surface area contributed by atoms with Gasteiger partial charge in [0.15, 0.2) is 5.96 Å². The molecule has 1 amide bonds. The van der Waals surface area contributed by atoms with Crippen LogP contribution in [-0.2, 0) is 18.4 Å². The number of nitrogens with one attached hydrogen (secondary N) is 3. The molecule has 0 aliphatic rings. The second kappa shape index (κ2) is 8.98. The number of carbonyl (C=O) groups excluding carboxylic acids is 1. The maximum absolute atomic E-state index is 12.0. The number of hydrogen-bond acceptors (Lipinski definition) is 4. The van der Waals surface area contributed by atoms with Crippen molar-refractivity contribution in [2.45, 2.75) is 33.7 Å². The fourth-order valence-electron chi connectivity index (χ4n) is 2.51. The number of carbonyl (C=O) groups is 1. The molecule has 140 valence electrons. The zero-order chi connectivity index (χ0) is 19.1. The normalized spacial score (nSPS) is 11.3. The molecule has 26 heavy (non-hydrogen) atoms. The van der Waals surface area contributed by atoms with Gasteiger partial charge in [-0.2, -0.15) is 5.10 Å². The van der Waals surface area contributed by atoms with Crippen molar-refractivity contribution in [3.05, 3.63) is 40.8 Å². The number of pyridine rings is 1.